The molecule has 2 aliphatic rings. The predicted molar refractivity (Wildman–Crippen MR) is 118 cm³/mol. The summed E-state index contributed by atoms with van der Waals surface area (Å²) in [7, 11) is 0. The van der Waals surface area contributed by atoms with Gasteiger partial charge >= 0.3 is 5.97 Å². The van der Waals surface area contributed by atoms with Crippen molar-refractivity contribution < 1.29 is 14.6 Å². The Bertz CT molecular complexity index is 908. The lowest BCUT2D eigenvalue weighted by atomic mass is 9.60. The van der Waals surface area contributed by atoms with E-state index in [1.807, 2.05) is 19.1 Å². The number of likely N-dealkylation sites (tertiary alicyclic amines) is 1. The Labute approximate surface area is 179 Å². The minimum Gasteiger partial charge on any atom is -0.508 e. The third kappa shape index (κ3) is 4.15. The molecule has 1 saturated heterocycles. The van der Waals surface area contributed by atoms with E-state index in [4.69, 9.17) is 4.74 Å². The molecule has 30 heavy (non-hydrogen) atoms. The number of fused-ring (bicyclic) bond motifs is 2. The SMILES string of the molecule is CCOC(=O)/C=C1\C2CCCC1(c1cccc(O)c1)CCN2CCc1ccccc1. The lowest BCUT2D eigenvalue weighted by molar-refractivity contribution is -0.137. The van der Waals surface area contributed by atoms with E-state index < -0.39 is 0 Å². The molecule has 1 N–H and O–H groups in total. The van der Waals surface area contributed by atoms with Crippen molar-refractivity contribution in [3.05, 3.63) is 77.4 Å². The molecule has 1 heterocycles. The van der Waals surface area contributed by atoms with Crippen molar-refractivity contribution in [2.24, 2.45) is 0 Å². The number of phenols is 1. The van der Waals surface area contributed by atoms with E-state index in [-0.39, 0.29) is 23.2 Å². The molecule has 158 valence electrons. The standard InChI is InChI=1S/C26H31NO3/c1-2-30-25(29)19-23-24-12-7-14-26(23,21-10-6-11-22(28)18-21)15-17-27(24)16-13-20-8-4-3-5-9-20/h3-6,8-11,18-19,24,28H,2,7,12-17H2,1H3/b23-19+. The van der Waals surface area contributed by atoms with Crippen LogP contribution in [0, 0.1) is 0 Å². The van der Waals surface area contributed by atoms with Crippen LogP contribution in [-0.4, -0.2) is 41.7 Å². The molecular weight excluding hydrogens is 374 g/mol. The Morgan fingerprint density at radius 1 is 1.20 bits per heavy atom. The topological polar surface area (TPSA) is 49.8 Å². The average Bonchev–Trinajstić information content (AvgIpc) is 2.74. The quantitative estimate of drug-likeness (QED) is 0.563. The molecule has 4 nitrogen and oxygen atoms in total. The molecule has 2 bridgehead atoms. The fourth-order valence-corrected chi connectivity index (χ4v) is 5.34. The number of hydrogen-bond donors (Lipinski definition) is 1. The summed E-state index contributed by atoms with van der Waals surface area (Å²) in [6, 6.07) is 18.4. The maximum atomic E-state index is 12.5. The number of ether oxygens (including phenoxy) is 1. The summed E-state index contributed by atoms with van der Waals surface area (Å²) in [4.78, 5) is 15.0. The Hall–Kier alpha value is -2.59. The molecule has 1 aliphatic carbocycles. The Morgan fingerprint density at radius 3 is 2.80 bits per heavy atom. The maximum absolute atomic E-state index is 12.5. The molecule has 2 fully saturated rings. The fourth-order valence-electron chi connectivity index (χ4n) is 5.34. The molecule has 2 aromatic carbocycles. The molecule has 1 aliphatic heterocycles. The first kappa shape index (κ1) is 20.7. The Kier molecular flexibility index (Phi) is 6.24. The number of aromatic hydroxyl groups is 1. The summed E-state index contributed by atoms with van der Waals surface area (Å²) >= 11 is 0. The first-order valence-corrected chi connectivity index (χ1v) is 11.1. The van der Waals surface area contributed by atoms with Gasteiger partial charge in [0.05, 0.1) is 6.61 Å². The molecule has 4 heteroatoms. The number of carbonyl (C=O) groups excluding carboxylic acids is 1. The van der Waals surface area contributed by atoms with Gasteiger partial charge in [-0.05, 0) is 68.0 Å². The van der Waals surface area contributed by atoms with Crippen LogP contribution in [-0.2, 0) is 21.4 Å². The second-order valence-corrected chi connectivity index (χ2v) is 8.41. The first-order valence-electron chi connectivity index (χ1n) is 11.1. The second kappa shape index (κ2) is 9.05. The van der Waals surface area contributed by atoms with E-state index in [1.165, 1.54) is 5.56 Å². The number of esters is 1. The smallest absolute Gasteiger partial charge is 0.330 e. The molecule has 2 unspecified atom stereocenters. The molecule has 2 atom stereocenters. The van der Waals surface area contributed by atoms with Gasteiger partial charge in [-0.15, -0.1) is 0 Å². The number of benzene rings is 2. The van der Waals surface area contributed by atoms with Crippen LogP contribution in [0.25, 0.3) is 0 Å². The van der Waals surface area contributed by atoms with Gasteiger partial charge in [0, 0.05) is 24.1 Å². The van der Waals surface area contributed by atoms with E-state index in [0.717, 1.165) is 56.3 Å². The van der Waals surface area contributed by atoms with Gasteiger partial charge in [-0.2, -0.15) is 0 Å². The number of carbonyl (C=O) groups is 1. The summed E-state index contributed by atoms with van der Waals surface area (Å²) in [5.74, 6) is 0.0276. The Balaban J connectivity index is 1.66. The van der Waals surface area contributed by atoms with Crippen molar-refractivity contribution in [3.63, 3.8) is 0 Å². The third-order valence-corrected chi connectivity index (χ3v) is 6.75. The van der Waals surface area contributed by atoms with Crippen LogP contribution in [0.4, 0.5) is 0 Å². The lowest BCUT2D eigenvalue weighted by Crippen LogP contribution is -2.54. The summed E-state index contributed by atoms with van der Waals surface area (Å²) in [6.07, 6.45) is 6.88. The van der Waals surface area contributed by atoms with E-state index in [0.29, 0.717) is 6.61 Å². The van der Waals surface area contributed by atoms with Gasteiger partial charge in [-0.3, -0.25) is 4.90 Å². The van der Waals surface area contributed by atoms with Crippen LogP contribution in [0.1, 0.15) is 43.7 Å². The molecule has 1 saturated carbocycles. The van der Waals surface area contributed by atoms with Gasteiger partial charge in [-0.25, -0.2) is 4.79 Å². The number of piperidine rings is 1. The summed E-state index contributed by atoms with van der Waals surface area (Å²) in [5, 5.41) is 10.1. The van der Waals surface area contributed by atoms with E-state index >= 15 is 0 Å². The van der Waals surface area contributed by atoms with Gasteiger partial charge in [-0.1, -0.05) is 48.9 Å². The molecular formula is C26H31NO3. The minimum atomic E-state index is -0.256. The zero-order valence-corrected chi connectivity index (χ0v) is 17.7. The van der Waals surface area contributed by atoms with Crippen molar-refractivity contribution in [1.29, 1.82) is 0 Å². The normalized spacial score (nSPS) is 25.2. The molecule has 0 radical (unpaired) electrons. The van der Waals surface area contributed by atoms with Crippen LogP contribution in [0.15, 0.2) is 66.2 Å². The van der Waals surface area contributed by atoms with Gasteiger partial charge in [0.1, 0.15) is 5.75 Å². The number of rotatable bonds is 6. The minimum absolute atomic E-state index is 0.197. The molecule has 2 aromatic rings. The molecule has 0 spiro atoms. The summed E-state index contributed by atoms with van der Waals surface area (Å²) < 4.78 is 5.30. The van der Waals surface area contributed by atoms with Gasteiger partial charge in [0.25, 0.3) is 0 Å². The lowest BCUT2D eigenvalue weighted by Gasteiger charge is -2.53. The van der Waals surface area contributed by atoms with Crippen LogP contribution < -0.4 is 0 Å². The van der Waals surface area contributed by atoms with Crippen molar-refractivity contribution >= 4 is 5.97 Å². The number of hydrogen-bond acceptors (Lipinski definition) is 4. The summed E-state index contributed by atoms with van der Waals surface area (Å²) in [5.41, 5.74) is 3.43. The van der Waals surface area contributed by atoms with Gasteiger partial charge in [0.15, 0.2) is 0 Å². The largest absolute Gasteiger partial charge is 0.508 e. The highest BCUT2D eigenvalue weighted by Crippen LogP contribution is 2.51. The second-order valence-electron chi connectivity index (χ2n) is 8.41. The zero-order valence-electron chi connectivity index (χ0n) is 17.7. The summed E-state index contributed by atoms with van der Waals surface area (Å²) in [6.45, 7) is 4.19. The van der Waals surface area contributed by atoms with Crippen LogP contribution in [0.2, 0.25) is 0 Å². The zero-order chi connectivity index (χ0) is 21.0. The monoisotopic (exact) mass is 405 g/mol. The first-order chi connectivity index (χ1) is 14.6. The van der Waals surface area contributed by atoms with Crippen LogP contribution in [0.5, 0.6) is 5.75 Å². The molecule has 4 rings (SSSR count). The fraction of sp³-hybridized carbons (Fsp3) is 0.423. The van der Waals surface area contributed by atoms with E-state index in [9.17, 15) is 9.90 Å². The highest BCUT2D eigenvalue weighted by molar-refractivity contribution is 5.84. The van der Waals surface area contributed by atoms with Crippen molar-refractivity contribution in [1.82, 2.24) is 4.90 Å². The molecule has 0 amide bonds. The van der Waals surface area contributed by atoms with Gasteiger partial charge < -0.3 is 9.84 Å². The van der Waals surface area contributed by atoms with Crippen molar-refractivity contribution in [3.8, 4) is 5.75 Å². The van der Waals surface area contributed by atoms with Crippen LogP contribution in [0.3, 0.4) is 0 Å². The van der Waals surface area contributed by atoms with Crippen LogP contribution >= 0.6 is 0 Å². The highest BCUT2D eigenvalue weighted by atomic mass is 16.5. The number of nitrogens with zero attached hydrogens (tertiary/aromatic N) is 1. The van der Waals surface area contributed by atoms with Crippen molar-refractivity contribution in [2.45, 2.75) is 50.5 Å². The third-order valence-electron chi connectivity index (χ3n) is 6.75. The molecule has 0 aromatic heterocycles. The van der Waals surface area contributed by atoms with E-state index in [2.05, 4.69) is 41.3 Å². The average molecular weight is 406 g/mol. The van der Waals surface area contributed by atoms with Crippen molar-refractivity contribution in [2.75, 3.05) is 19.7 Å². The number of phenolic OH excluding ortho intramolecular Hbond substituents is 1. The van der Waals surface area contributed by atoms with Gasteiger partial charge in [0.2, 0.25) is 0 Å². The van der Waals surface area contributed by atoms with E-state index in [1.54, 1.807) is 12.1 Å². The predicted octanol–water partition coefficient (Wildman–Crippen LogP) is 4.62. The maximum Gasteiger partial charge on any atom is 0.330 e. The Morgan fingerprint density at radius 2 is 2.03 bits per heavy atom. The highest BCUT2D eigenvalue weighted by Gasteiger charge is 2.48.